The van der Waals surface area contributed by atoms with Crippen LogP contribution in [0.15, 0.2) is 24.4 Å². The zero-order chi connectivity index (χ0) is 12.7. The summed E-state index contributed by atoms with van der Waals surface area (Å²) in [6, 6.07) is 0. The van der Waals surface area contributed by atoms with Gasteiger partial charge in [0.2, 0.25) is 0 Å². The Morgan fingerprint density at radius 1 is 1.59 bits per heavy atom. The lowest BCUT2D eigenvalue weighted by Crippen LogP contribution is -2.33. The molecule has 2 atom stereocenters. The lowest BCUT2D eigenvalue weighted by molar-refractivity contribution is 0.223. The predicted octanol–water partition coefficient (Wildman–Crippen LogP) is 3.30. The van der Waals surface area contributed by atoms with Gasteiger partial charge in [-0.05, 0) is 19.4 Å². The highest BCUT2D eigenvalue weighted by atomic mass is 35.5. The Morgan fingerprint density at radius 2 is 2.35 bits per heavy atom. The van der Waals surface area contributed by atoms with Crippen molar-refractivity contribution in [1.82, 2.24) is 9.76 Å². The Labute approximate surface area is 112 Å². The highest BCUT2D eigenvalue weighted by molar-refractivity contribution is 7.54. The van der Waals surface area contributed by atoms with E-state index in [9.17, 15) is 4.57 Å². The number of nitrogens with zero attached hydrogens (tertiary/aromatic N) is 1. The summed E-state index contributed by atoms with van der Waals surface area (Å²) in [7, 11) is -3.03. The molecule has 7 heteroatoms. The smallest absolute Gasteiger partial charge is 0.302 e. The lowest BCUT2D eigenvalue weighted by Gasteiger charge is -2.34. The summed E-state index contributed by atoms with van der Waals surface area (Å²) in [5.41, 5.74) is -0.409. The third-order valence-electron chi connectivity index (χ3n) is 2.07. The summed E-state index contributed by atoms with van der Waals surface area (Å²) in [5, 5.41) is 2.77. The van der Waals surface area contributed by atoms with Gasteiger partial charge in [0.05, 0.1) is 12.1 Å². The first-order valence-electron chi connectivity index (χ1n) is 5.41. The minimum Gasteiger partial charge on any atom is -0.302 e. The minimum atomic E-state index is -3.03. The van der Waals surface area contributed by atoms with Crippen molar-refractivity contribution in [3.63, 3.8) is 0 Å². The maximum atomic E-state index is 12.4. The van der Waals surface area contributed by atoms with E-state index < -0.39 is 13.2 Å². The third-order valence-corrected chi connectivity index (χ3v) is 4.77. The van der Waals surface area contributed by atoms with Gasteiger partial charge in [-0.25, -0.2) is 9.65 Å². The fourth-order valence-corrected chi connectivity index (χ4v) is 3.73. The topological polar surface area (TPSA) is 41.6 Å². The van der Waals surface area contributed by atoms with Gasteiger partial charge in [0.15, 0.2) is 0 Å². The van der Waals surface area contributed by atoms with Crippen molar-refractivity contribution in [2.75, 3.05) is 19.0 Å². The van der Waals surface area contributed by atoms with E-state index in [1.165, 1.54) is 0 Å². The van der Waals surface area contributed by atoms with E-state index in [0.717, 1.165) is 6.42 Å². The summed E-state index contributed by atoms with van der Waals surface area (Å²) in [6.07, 6.45) is 7.95. The van der Waals surface area contributed by atoms with Gasteiger partial charge < -0.3 is 4.52 Å². The van der Waals surface area contributed by atoms with Crippen molar-refractivity contribution < 1.29 is 9.09 Å². The Kier molecular flexibility index (Phi) is 6.60. The number of halogens is 2. The molecule has 17 heavy (non-hydrogen) atoms. The van der Waals surface area contributed by atoms with Crippen LogP contribution < -0.4 is 5.09 Å². The van der Waals surface area contributed by atoms with Crippen LogP contribution in [0.5, 0.6) is 0 Å². The second kappa shape index (κ2) is 7.45. The molecule has 1 heterocycles. The molecule has 0 bridgehead atoms. The van der Waals surface area contributed by atoms with Crippen LogP contribution in [-0.4, -0.2) is 29.2 Å². The maximum Gasteiger partial charge on any atom is 0.369 e. The average molecular weight is 299 g/mol. The Morgan fingerprint density at radius 3 is 3.00 bits per heavy atom. The van der Waals surface area contributed by atoms with Crippen molar-refractivity contribution in [3.05, 3.63) is 24.4 Å². The van der Waals surface area contributed by atoms with Gasteiger partial charge in [0.1, 0.15) is 0 Å². The molecule has 0 aromatic rings. The van der Waals surface area contributed by atoms with Gasteiger partial charge in [-0.3, -0.25) is 4.67 Å². The molecular weight excluding hydrogens is 282 g/mol. The normalized spacial score (nSPS) is 28.1. The number of alkyl halides is 2. The van der Waals surface area contributed by atoms with E-state index in [1.54, 1.807) is 36.0 Å². The van der Waals surface area contributed by atoms with E-state index >= 15 is 0 Å². The third kappa shape index (κ3) is 5.02. The molecular formula is C10H17Cl2N2O2P. The molecule has 98 valence electrons. The van der Waals surface area contributed by atoms with E-state index in [4.69, 9.17) is 27.7 Å². The molecule has 0 aliphatic carbocycles. The van der Waals surface area contributed by atoms with Gasteiger partial charge in [-0.1, -0.05) is 12.2 Å². The molecule has 0 aromatic heterocycles. The second-order valence-corrected chi connectivity index (χ2v) is 6.57. The Balaban J connectivity index is 2.68. The van der Waals surface area contributed by atoms with Crippen LogP contribution in [0.1, 0.15) is 13.3 Å². The molecule has 2 unspecified atom stereocenters. The molecule has 1 aliphatic heterocycles. The molecule has 1 rings (SSSR count). The van der Waals surface area contributed by atoms with Crippen molar-refractivity contribution in [3.8, 4) is 0 Å². The quantitative estimate of drug-likeness (QED) is 0.366. The number of hydrogen-bond donors (Lipinski definition) is 1. The minimum absolute atomic E-state index is 0.409. The van der Waals surface area contributed by atoms with Gasteiger partial charge in [-0.15, -0.1) is 23.2 Å². The van der Waals surface area contributed by atoms with Crippen LogP contribution in [0.2, 0.25) is 0 Å². The number of allylic oxidation sites excluding steroid dienone is 3. The van der Waals surface area contributed by atoms with E-state index in [1.807, 2.05) is 0 Å². The Hall–Kier alpha value is 0.01000. The average Bonchev–Trinajstić information content (AvgIpc) is 2.25. The van der Waals surface area contributed by atoms with Crippen molar-refractivity contribution >= 4 is 30.9 Å². The predicted molar refractivity (Wildman–Crippen MR) is 72.3 cm³/mol. The molecule has 0 amide bonds. The van der Waals surface area contributed by atoms with Gasteiger partial charge >= 0.3 is 7.67 Å². The molecule has 0 aromatic carbocycles. The molecule has 1 saturated heterocycles. The van der Waals surface area contributed by atoms with Crippen LogP contribution in [-0.2, 0) is 9.09 Å². The van der Waals surface area contributed by atoms with Crippen LogP contribution in [0, 0.1) is 0 Å². The van der Waals surface area contributed by atoms with E-state index in [0.29, 0.717) is 19.0 Å². The van der Waals surface area contributed by atoms with Crippen molar-refractivity contribution in [2.24, 2.45) is 0 Å². The van der Waals surface area contributed by atoms with Gasteiger partial charge in [0, 0.05) is 18.6 Å². The molecule has 1 aliphatic rings. The summed E-state index contributed by atoms with van der Waals surface area (Å²) >= 11 is 11.3. The zero-order valence-corrected chi connectivity index (χ0v) is 12.1. The summed E-state index contributed by atoms with van der Waals surface area (Å²) < 4.78 is 19.4. The molecule has 1 N–H and O–H groups in total. The molecule has 0 radical (unpaired) electrons. The summed E-state index contributed by atoms with van der Waals surface area (Å²) in [5.74, 6) is 0.454. The fourth-order valence-electron chi connectivity index (χ4n) is 1.40. The second-order valence-electron chi connectivity index (χ2n) is 3.54. The lowest BCUT2D eigenvalue weighted by atomic mass is 10.4. The summed E-state index contributed by atoms with van der Waals surface area (Å²) in [4.78, 5) is 0. The van der Waals surface area contributed by atoms with E-state index in [2.05, 4.69) is 5.09 Å². The zero-order valence-electron chi connectivity index (χ0n) is 9.68. The first-order valence-corrected chi connectivity index (χ1v) is 7.96. The SMILES string of the molecule is CC(Cl)NP1(=O)OCCCN1/C=C/C=C/CCl. The van der Waals surface area contributed by atoms with Crippen LogP contribution in [0.25, 0.3) is 0 Å². The van der Waals surface area contributed by atoms with Crippen molar-refractivity contribution in [1.29, 1.82) is 0 Å². The number of nitrogens with one attached hydrogen (secondary N) is 1. The molecule has 0 spiro atoms. The van der Waals surface area contributed by atoms with Crippen LogP contribution in [0.4, 0.5) is 0 Å². The standard InChI is InChI=1S/C10H17Cl2N2O2P/c1-10(12)13-17(15)14(8-5-9-16-17)7-4-2-3-6-11/h2-4,7,10H,5-6,8-9H2,1H3,(H,13,15)/b3-2+,7-4+. The maximum absolute atomic E-state index is 12.4. The fraction of sp³-hybridized carbons (Fsp3) is 0.600. The molecule has 0 saturated carbocycles. The first-order chi connectivity index (χ1) is 8.08. The van der Waals surface area contributed by atoms with Gasteiger partial charge in [-0.2, -0.15) is 0 Å². The van der Waals surface area contributed by atoms with E-state index in [-0.39, 0.29) is 0 Å². The monoisotopic (exact) mass is 298 g/mol. The van der Waals surface area contributed by atoms with Crippen LogP contribution in [0.3, 0.4) is 0 Å². The highest BCUT2D eigenvalue weighted by Gasteiger charge is 2.33. The summed E-state index contributed by atoms with van der Waals surface area (Å²) in [6.45, 7) is 2.88. The Bertz CT molecular complexity index is 334. The highest BCUT2D eigenvalue weighted by Crippen LogP contribution is 2.50. The number of rotatable bonds is 5. The van der Waals surface area contributed by atoms with Gasteiger partial charge in [0.25, 0.3) is 0 Å². The molecule has 4 nitrogen and oxygen atoms in total. The first kappa shape index (κ1) is 15.1. The van der Waals surface area contributed by atoms with Crippen molar-refractivity contribution in [2.45, 2.75) is 18.8 Å². The number of hydrogen-bond acceptors (Lipinski definition) is 2. The largest absolute Gasteiger partial charge is 0.369 e. The molecule has 1 fully saturated rings. The van der Waals surface area contributed by atoms with Crippen LogP contribution >= 0.6 is 30.9 Å².